The van der Waals surface area contributed by atoms with Crippen LogP contribution in [0.3, 0.4) is 0 Å². The smallest absolute Gasteiger partial charge is 0.165 e. The second kappa shape index (κ2) is 3.51. The Bertz CT molecular complexity index is 207. The van der Waals surface area contributed by atoms with Crippen molar-refractivity contribution in [1.82, 2.24) is 0 Å². The van der Waals surface area contributed by atoms with E-state index in [1.165, 1.54) is 0 Å². The lowest BCUT2D eigenvalue weighted by atomic mass is 10.5. The summed E-state index contributed by atoms with van der Waals surface area (Å²) in [5.74, 6) is 1.57. The molecule has 0 radical (unpaired) electrons. The summed E-state index contributed by atoms with van der Waals surface area (Å²) in [6.07, 6.45) is 0. The Balaban J connectivity index is 2.78. The van der Waals surface area contributed by atoms with Crippen molar-refractivity contribution in [3.63, 3.8) is 0 Å². The van der Waals surface area contributed by atoms with Crippen LogP contribution in [0.25, 0.3) is 0 Å². The van der Waals surface area contributed by atoms with Crippen molar-refractivity contribution in [3.8, 4) is 0 Å². The van der Waals surface area contributed by atoms with Crippen LogP contribution in [0, 0.1) is 0 Å². The predicted molar refractivity (Wildman–Crippen MR) is 42.7 cm³/mol. The molecule has 0 atom stereocenters. The Morgan fingerprint density at radius 1 is 1.40 bits per heavy atom. The highest BCUT2D eigenvalue weighted by atomic mass is 35.5. The van der Waals surface area contributed by atoms with Gasteiger partial charge in [0.2, 0.25) is 0 Å². The molecule has 0 aromatic carbocycles. The molecule has 1 rings (SSSR count). The Morgan fingerprint density at radius 2 is 2.10 bits per heavy atom. The third-order valence-corrected chi connectivity index (χ3v) is 1.72. The molecule has 0 N–H and O–H groups in total. The van der Waals surface area contributed by atoms with E-state index in [0.29, 0.717) is 17.4 Å². The van der Waals surface area contributed by atoms with Crippen molar-refractivity contribution in [2.24, 2.45) is 0 Å². The quantitative estimate of drug-likeness (QED) is 0.665. The summed E-state index contributed by atoms with van der Waals surface area (Å²) in [4.78, 5) is -0.600. The monoisotopic (exact) mass is 198 g/mol. The molecule has 1 aromatic rings. The van der Waals surface area contributed by atoms with Gasteiger partial charge in [0.05, 0.1) is 5.88 Å². The summed E-state index contributed by atoms with van der Waals surface area (Å²) >= 11 is 16.5. The molecule has 0 fully saturated rings. The van der Waals surface area contributed by atoms with Crippen LogP contribution in [0.5, 0.6) is 0 Å². The molecule has 0 saturated heterocycles. The zero-order valence-corrected chi connectivity index (χ0v) is 7.25. The first-order chi connectivity index (χ1) is 4.74. The first kappa shape index (κ1) is 8.25. The molecule has 0 bridgehead atoms. The SMILES string of the molecule is ClCc1ccc(C(Cl)Cl)o1. The second-order valence-corrected chi connectivity index (χ2v) is 3.10. The van der Waals surface area contributed by atoms with Gasteiger partial charge in [-0.15, -0.1) is 11.6 Å². The molecular formula is C6H5Cl3O. The second-order valence-electron chi connectivity index (χ2n) is 1.74. The van der Waals surface area contributed by atoms with Gasteiger partial charge in [-0.1, -0.05) is 23.2 Å². The van der Waals surface area contributed by atoms with Crippen molar-refractivity contribution in [2.45, 2.75) is 10.7 Å². The Kier molecular flexibility index (Phi) is 2.90. The van der Waals surface area contributed by atoms with Crippen molar-refractivity contribution in [1.29, 1.82) is 0 Å². The highest BCUT2D eigenvalue weighted by molar-refractivity contribution is 6.43. The summed E-state index contributed by atoms with van der Waals surface area (Å²) < 4.78 is 5.10. The van der Waals surface area contributed by atoms with Gasteiger partial charge in [-0.2, -0.15) is 0 Å². The molecule has 0 amide bonds. The van der Waals surface area contributed by atoms with Gasteiger partial charge in [0, 0.05) is 0 Å². The third-order valence-electron chi connectivity index (χ3n) is 1.03. The maximum Gasteiger partial charge on any atom is 0.165 e. The first-order valence-corrected chi connectivity index (χ1v) is 4.07. The molecule has 0 aliphatic rings. The maximum absolute atomic E-state index is 5.50. The minimum Gasteiger partial charge on any atom is -0.462 e. The molecule has 0 unspecified atom stereocenters. The van der Waals surface area contributed by atoms with E-state index in [4.69, 9.17) is 39.2 Å². The van der Waals surface area contributed by atoms with Gasteiger partial charge in [-0.05, 0) is 12.1 Å². The average molecular weight is 199 g/mol. The molecule has 1 heterocycles. The fourth-order valence-corrected chi connectivity index (χ4v) is 0.962. The Morgan fingerprint density at radius 3 is 2.40 bits per heavy atom. The lowest BCUT2D eigenvalue weighted by Crippen LogP contribution is -1.73. The predicted octanol–water partition coefficient (Wildman–Crippen LogP) is 3.49. The van der Waals surface area contributed by atoms with Gasteiger partial charge in [-0.3, -0.25) is 0 Å². The van der Waals surface area contributed by atoms with Crippen molar-refractivity contribution < 1.29 is 4.42 Å². The molecule has 1 nitrogen and oxygen atoms in total. The first-order valence-electron chi connectivity index (χ1n) is 2.66. The van der Waals surface area contributed by atoms with Crippen LogP contribution in [-0.2, 0) is 5.88 Å². The van der Waals surface area contributed by atoms with Gasteiger partial charge in [0.25, 0.3) is 0 Å². The molecule has 0 saturated carbocycles. The van der Waals surface area contributed by atoms with E-state index in [1.807, 2.05) is 0 Å². The third kappa shape index (κ3) is 1.82. The topological polar surface area (TPSA) is 13.1 Å². The highest BCUT2D eigenvalue weighted by Crippen LogP contribution is 2.26. The Labute approximate surface area is 73.9 Å². The van der Waals surface area contributed by atoms with E-state index >= 15 is 0 Å². The molecule has 0 spiro atoms. The van der Waals surface area contributed by atoms with Crippen molar-refractivity contribution in [2.75, 3.05) is 0 Å². The zero-order chi connectivity index (χ0) is 7.56. The fourth-order valence-electron chi connectivity index (χ4n) is 0.584. The van der Waals surface area contributed by atoms with E-state index in [9.17, 15) is 0 Å². The number of rotatable bonds is 2. The van der Waals surface area contributed by atoms with Crippen molar-refractivity contribution >= 4 is 34.8 Å². The molecule has 1 aromatic heterocycles. The van der Waals surface area contributed by atoms with Crippen LogP contribution in [0.1, 0.15) is 16.4 Å². The van der Waals surface area contributed by atoms with Crippen LogP contribution < -0.4 is 0 Å². The van der Waals surface area contributed by atoms with Gasteiger partial charge in [0.1, 0.15) is 11.5 Å². The van der Waals surface area contributed by atoms with Gasteiger partial charge >= 0.3 is 0 Å². The van der Waals surface area contributed by atoms with E-state index < -0.39 is 4.84 Å². The minimum absolute atomic E-state index is 0.348. The van der Waals surface area contributed by atoms with E-state index in [2.05, 4.69) is 0 Å². The minimum atomic E-state index is -0.600. The van der Waals surface area contributed by atoms with E-state index in [0.717, 1.165) is 0 Å². The molecular weight excluding hydrogens is 194 g/mol. The lowest BCUT2D eigenvalue weighted by Gasteiger charge is -1.92. The van der Waals surface area contributed by atoms with Crippen molar-refractivity contribution in [3.05, 3.63) is 23.7 Å². The number of hydrogen-bond donors (Lipinski definition) is 0. The summed E-state index contributed by atoms with van der Waals surface area (Å²) in [6.45, 7) is 0. The van der Waals surface area contributed by atoms with Crippen LogP contribution in [0.4, 0.5) is 0 Å². The average Bonchev–Trinajstić information content (AvgIpc) is 2.34. The summed E-state index contributed by atoms with van der Waals surface area (Å²) in [7, 11) is 0. The van der Waals surface area contributed by atoms with Crippen LogP contribution in [-0.4, -0.2) is 0 Å². The van der Waals surface area contributed by atoms with Crippen LogP contribution in [0.15, 0.2) is 16.5 Å². The summed E-state index contributed by atoms with van der Waals surface area (Å²) in [5, 5.41) is 0. The lowest BCUT2D eigenvalue weighted by molar-refractivity contribution is 0.493. The molecule has 10 heavy (non-hydrogen) atoms. The van der Waals surface area contributed by atoms with Gasteiger partial charge < -0.3 is 4.42 Å². The Hall–Kier alpha value is 0.150. The largest absolute Gasteiger partial charge is 0.462 e. The van der Waals surface area contributed by atoms with E-state index in [1.54, 1.807) is 12.1 Å². The van der Waals surface area contributed by atoms with E-state index in [-0.39, 0.29) is 0 Å². The maximum atomic E-state index is 5.50. The van der Waals surface area contributed by atoms with Gasteiger partial charge in [-0.25, -0.2) is 0 Å². The molecule has 0 aliphatic heterocycles. The molecule has 0 aliphatic carbocycles. The molecule has 56 valence electrons. The van der Waals surface area contributed by atoms with Gasteiger partial charge in [0.15, 0.2) is 4.84 Å². The number of alkyl halides is 3. The highest BCUT2D eigenvalue weighted by Gasteiger charge is 2.07. The number of furan rings is 1. The van der Waals surface area contributed by atoms with Crippen LogP contribution >= 0.6 is 34.8 Å². The standard InChI is InChI=1S/C6H5Cl3O/c7-3-4-1-2-5(10-4)6(8)9/h1-2,6H,3H2. The molecule has 4 heteroatoms. The fraction of sp³-hybridized carbons (Fsp3) is 0.333. The number of hydrogen-bond acceptors (Lipinski definition) is 1. The van der Waals surface area contributed by atoms with Crippen LogP contribution in [0.2, 0.25) is 0 Å². The normalized spacial score (nSPS) is 10.8. The summed E-state index contributed by atoms with van der Waals surface area (Å²) in [6, 6.07) is 3.46. The summed E-state index contributed by atoms with van der Waals surface area (Å²) in [5.41, 5.74) is 0. The number of halogens is 3. The zero-order valence-electron chi connectivity index (χ0n) is 4.98.